The number of ether oxygens (including phenoxy) is 2. The molecule has 0 saturated heterocycles. The number of benzene rings is 3. The van der Waals surface area contributed by atoms with Crippen molar-refractivity contribution in [1.29, 1.82) is 0 Å². The Kier molecular flexibility index (Phi) is 28.4. The first-order valence-electron chi connectivity index (χ1n) is 24.0. The highest BCUT2D eigenvalue weighted by atomic mass is 32.2. The number of carboxylic acids is 1. The van der Waals surface area contributed by atoms with Gasteiger partial charge in [-0.1, -0.05) is 119 Å². The van der Waals surface area contributed by atoms with Gasteiger partial charge in [-0.25, -0.2) is 14.4 Å². The van der Waals surface area contributed by atoms with E-state index in [1.807, 2.05) is 131 Å². The van der Waals surface area contributed by atoms with Gasteiger partial charge in [0.2, 0.25) is 11.8 Å². The first kappa shape index (κ1) is 60.9. The summed E-state index contributed by atoms with van der Waals surface area (Å²) in [5.41, 5.74) is 8.02. The molecule has 0 saturated carbocycles. The normalized spacial score (nSPS) is 13.8. The number of Topliss-reactive ketones (excluding diaryl/α,β-unsaturated/α-hetero) is 2. The monoisotopic (exact) mass is 1010 g/mol. The van der Waals surface area contributed by atoms with E-state index in [2.05, 4.69) is 16.0 Å². The molecule has 0 spiro atoms. The molecule has 0 aliphatic heterocycles. The standard InChI is InChI=1S/C33H46N2O6S.C21H32N2O4S/c1-23(2)19-28(31(38)40-22-25-15-11-8-12-16-25)34-30(37)26(17-18-42-6)21-29(36)27(20-24-13-9-7-10-14-24)35-32(39)41-33(3,4)5;1-14(2)11-18(21(26)27)23-20(25)16(9-10-28-3)13-19(24)17(22)12-15-7-5-4-6-8-15/h7-16,23,26-28H,17-22H2,1-6H3,(H,34,37)(H,35,39);4-8,14,16-18H,9-13,22H2,1-3H3,(H,23,25)(H,26,27)/t26-,27+,28+;16-,17+,18+/m11/s1. The van der Waals surface area contributed by atoms with E-state index in [0.717, 1.165) is 16.7 Å². The van der Waals surface area contributed by atoms with E-state index in [9.17, 15) is 38.7 Å². The third-order valence-corrected chi connectivity index (χ3v) is 12.2. The van der Waals surface area contributed by atoms with Crippen LogP contribution in [-0.4, -0.2) is 100 Å². The van der Waals surface area contributed by atoms with Gasteiger partial charge < -0.3 is 36.3 Å². The van der Waals surface area contributed by atoms with Gasteiger partial charge in [-0.05, 0) is 112 Å². The highest BCUT2D eigenvalue weighted by Crippen LogP contribution is 2.20. The number of thioether (sulfide) groups is 2. The lowest BCUT2D eigenvalue weighted by molar-refractivity contribution is -0.150. The van der Waals surface area contributed by atoms with Crippen molar-refractivity contribution in [2.45, 2.75) is 136 Å². The average Bonchev–Trinajstić information content (AvgIpc) is 3.30. The number of carbonyl (C=O) groups is 7. The Morgan fingerprint density at radius 2 is 1.03 bits per heavy atom. The van der Waals surface area contributed by atoms with Crippen molar-refractivity contribution in [3.05, 3.63) is 108 Å². The summed E-state index contributed by atoms with van der Waals surface area (Å²) < 4.78 is 10.9. The van der Waals surface area contributed by atoms with Crippen LogP contribution in [0.2, 0.25) is 0 Å². The Balaban J connectivity index is 0.000000521. The molecule has 0 aromatic heterocycles. The van der Waals surface area contributed by atoms with Crippen LogP contribution in [0.15, 0.2) is 91.0 Å². The fraction of sp³-hybridized carbons (Fsp3) is 0.537. The van der Waals surface area contributed by atoms with E-state index < -0.39 is 59.6 Å². The average molecular weight is 1010 g/mol. The second-order valence-electron chi connectivity index (χ2n) is 19.3. The molecule has 0 aliphatic rings. The number of carboxylic acid groups (broad SMARTS) is 1. The molecule has 3 aromatic rings. The highest BCUT2D eigenvalue weighted by molar-refractivity contribution is 7.98. The zero-order valence-corrected chi connectivity index (χ0v) is 44.2. The Bertz CT molecular complexity index is 2050. The van der Waals surface area contributed by atoms with E-state index in [0.29, 0.717) is 43.6 Å². The van der Waals surface area contributed by atoms with Crippen molar-refractivity contribution in [3.8, 4) is 0 Å². The van der Waals surface area contributed by atoms with E-state index in [1.54, 1.807) is 44.3 Å². The minimum Gasteiger partial charge on any atom is -0.480 e. The number of hydrogen-bond acceptors (Lipinski definition) is 12. The molecule has 16 heteroatoms. The van der Waals surface area contributed by atoms with Gasteiger partial charge in [-0.2, -0.15) is 23.5 Å². The van der Waals surface area contributed by atoms with Gasteiger partial charge in [-0.15, -0.1) is 0 Å². The predicted octanol–water partition coefficient (Wildman–Crippen LogP) is 8.23. The van der Waals surface area contributed by atoms with Crippen LogP contribution < -0.4 is 21.7 Å². The summed E-state index contributed by atoms with van der Waals surface area (Å²) in [6.07, 6.45) is 5.47. The van der Waals surface area contributed by atoms with E-state index in [4.69, 9.17) is 15.2 Å². The first-order valence-corrected chi connectivity index (χ1v) is 26.8. The fourth-order valence-electron chi connectivity index (χ4n) is 7.26. The summed E-state index contributed by atoms with van der Waals surface area (Å²) in [5.74, 6) is -2.43. The van der Waals surface area contributed by atoms with Crippen LogP contribution in [0.1, 0.15) is 104 Å². The summed E-state index contributed by atoms with van der Waals surface area (Å²) in [4.78, 5) is 89.5. The van der Waals surface area contributed by atoms with Gasteiger partial charge in [0.15, 0.2) is 11.6 Å². The molecule has 0 fully saturated rings. The smallest absolute Gasteiger partial charge is 0.408 e. The quantitative estimate of drug-likeness (QED) is 0.0415. The number of carbonyl (C=O) groups excluding carboxylic acids is 6. The van der Waals surface area contributed by atoms with Crippen LogP contribution in [-0.2, 0) is 57.7 Å². The molecule has 0 bridgehead atoms. The van der Waals surface area contributed by atoms with Gasteiger partial charge in [0, 0.05) is 24.7 Å². The summed E-state index contributed by atoms with van der Waals surface area (Å²) >= 11 is 3.15. The highest BCUT2D eigenvalue weighted by Gasteiger charge is 2.33. The van der Waals surface area contributed by atoms with Gasteiger partial charge in [0.1, 0.15) is 24.3 Å². The Morgan fingerprint density at radius 3 is 1.47 bits per heavy atom. The topological polar surface area (TPSA) is 220 Å². The van der Waals surface area contributed by atoms with Crippen molar-refractivity contribution < 1.29 is 48.1 Å². The first-order chi connectivity index (χ1) is 33.1. The van der Waals surface area contributed by atoms with Gasteiger partial charge in [0.25, 0.3) is 0 Å². The number of hydrogen-bond donors (Lipinski definition) is 5. The Hall–Kier alpha value is -5.19. The van der Waals surface area contributed by atoms with Crippen molar-refractivity contribution in [1.82, 2.24) is 16.0 Å². The second-order valence-corrected chi connectivity index (χ2v) is 21.3. The van der Waals surface area contributed by atoms with Gasteiger partial charge in [0.05, 0.1) is 12.1 Å². The molecule has 3 aromatic carbocycles. The maximum absolute atomic E-state index is 13.6. The molecule has 0 radical (unpaired) electrons. The number of aliphatic carboxylic acids is 1. The lowest BCUT2D eigenvalue weighted by Crippen LogP contribution is -2.48. The Morgan fingerprint density at radius 1 is 0.600 bits per heavy atom. The molecule has 0 unspecified atom stereocenters. The minimum atomic E-state index is -1.06. The fourth-order valence-corrected chi connectivity index (χ4v) is 8.31. The maximum Gasteiger partial charge on any atom is 0.408 e. The molecular formula is C54H78N4O10S2. The van der Waals surface area contributed by atoms with Crippen LogP contribution >= 0.6 is 23.5 Å². The number of esters is 1. The zero-order chi connectivity index (χ0) is 52.2. The maximum atomic E-state index is 13.6. The number of nitrogens with one attached hydrogen (secondary N) is 3. The zero-order valence-electron chi connectivity index (χ0n) is 42.6. The van der Waals surface area contributed by atoms with E-state index in [-0.39, 0.29) is 61.1 Å². The Labute approximate surface area is 424 Å². The number of amides is 3. The number of alkyl carbamates (subject to hydrolysis) is 1. The molecule has 3 rings (SSSR count). The molecule has 6 N–H and O–H groups in total. The van der Waals surface area contributed by atoms with E-state index >= 15 is 0 Å². The minimum absolute atomic E-state index is 0.0222. The van der Waals surface area contributed by atoms with Crippen LogP contribution in [0.5, 0.6) is 0 Å². The summed E-state index contributed by atoms with van der Waals surface area (Å²) in [5, 5.41) is 17.6. The SMILES string of the molecule is CSCC[C@H](CC(=O)[C@@H](N)Cc1ccccc1)C(=O)N[C@@H](CC(C)C)C(=O)O.CSCC[C@H](CC(=O)[C@H](Cc1ccccc1)NC(=O)OC(C)(C)C)C(=O)N[C@@H](CC(C)C)C(=O)OCc1ccccc1. The summed E-state index contributed by atoms with van der Waals surface area (Å²) in [6, 6.07) is 24.9. The number of rotatable bonds is 29. The molecule has 70 heavy (non-hydrogen) atoms. The third-order valence-electron chi connectivity index (χ3n) is 10.9. The number of ketones is 2. The second kappa shape index (κ2) is 32.6. The molecule has 386 valence electrons. The molecular weight excluding hydrogens is 929 g/mol. The largest absolute Gasteiger partial charge is 0.480 e. The third kappa shape index (κ3) is 25.6. The van der Waals surface area contributed by atoms with Crippen molar-refractivity contribution >= 4 is 64.9 Å². The van der Waals surface area contributed by atoms with Crippen LogP contribution in [0.4, 0.5) is 4.79 Å². The van der Waals surface area contributed by atoms with E-state index in [1.165, 1.54) is 0 Å². The van der Waals surface area contributed by atoms with Crippen LogP contribution in [0.25, 0.3) is 0 Å². The lowest BCUT2D eigenvalue weighted by atomic mass is 9.92. The van der Waals surface area contributed by atoms with Crippen molar-refractivity contribution in [2.75, 3.05) is 24.0 Å². The van der Waals surface area contributed by atoms with Gasteiger partial charge >= 0.3 is 18.0 Å². The number of nitrogens with two attached hydrogens (primary N) is 1. The van der Waals surface area contributed by atoms with Crippen LogP contribution in [0, 0.1) is 23.7 Å². The lowest BCUT2D eigenvalue weighted by Gasteiger charge is -2.25. The van der Waals surface area contributed by atoms with Crippen LogP contribution in [0.3, 0.4) is 0 Å². The van der Waals surface area contributed by atoms with Crippen molar-refractivity contribution in [2.24, 2.45) is 29.4 Å². The van der Waals surface area contributed by atoms with Gasteiger partial charge in [-0.3, -0.25) is 19.2 Å². The molecule has 0 heterocycles. The summed E-state index contributed by atoms with van der Waals surface area (Å²) in [7, 11) is 0. The predicted molar refractivity (Wildman–Crippen MR) is 280 cm³/mol. The van der Waals surface area contributed by atoms with Crippen molar-refractivity contribution in [3.63, 3.8) is 0 Å². The molecule has 0 aliphatic carbocycles. The summed E-state index contributed by atoms with van der Waals surface area (Å²) in [6.45, 7) is 13.1. The molecule has 6 atom stereocenters. The molecule has 3 amide bonds. The molecule has 14 nitrogen and oxygen atoms in total.